The lowest BCUT2D eigenvalue weighted by molar-refractivity contribution is 0.244. The van der Waals surface area contributed by atoms with Gasteiger partial charge in [0, 0.05) is 18.6 Å². The lowest BCUT2D eigenvalue weighted by Gasteiger charge is -2.26. The predicted molar refractivity (Wildman–Crippen MR) is 109 cm³/mol. The Kier molecular flexibility index (Phi) is 7.34. The van der Waals surface area contributed by atoms with Gasteiger partial charge in [0.05, 0.1) is 4.90 Å². The molecule has 2 aromatic rings. The van der Waals surface area contributed by atoms with Gasteiger partial charge in [0.25, 0.3) is 0 Å². The normalized spacial score (nSPS) is 18.8. The molecule has 0 radical (unpaired) electrons. The van der Waals surface area contributed by atoms with Crippen molar-refractivity contribution in [3.8, 4) is 0 Å². The van der Waals surface area contributed by atoms with E-state index in [4.69, 9.17) is 5.73 Å². The van der Waals surface area contributed by atoms with Crippen LogP contribution in [0.5, 0.6) is 0 Å². The zero-order valence-corrected chi connectivity index (χ0v) is 17.0. The van der Waals surface area contributed by atoms with Crippen LogP contribution in [0.3, 0.4) is 0 Å². The standard InChI is InChI=1S/C21H27F2N3O2S/c22-17-7-9-20(10-8-17)29(27,28)25-15-19-5-3-12-26(19)13-11-18(24)14-16-4-1-2-6-21(16)23/h1-2,4,6-10,18-19,25H,3,5,11-15,24H2/t18-,19-/m0/s1. The number of nitrogens with zero attached hydrogens (tertiary/aromatic N) is 1. The Morgan fingerprint density at radius 2 is 1.86 bits per heavy atom. The number of hydrogen-bond acceptors (Lipinski definition) is 4. The van der Waals surface area contributed by atoms with Crippen molar-refractivity contribution in [3.05, 3.63) is 65.7 Å². The number of nitrogens with two attached hydrogens (primary N) is 1. The Hall–Kier alpha value is -1.87. The van der Waals surface area contributed by atoms with Gasteiger partial charge in [0.1, 0.15) is 11.6 Å². The third kappa shape index (κ3) is 6.05. The molecular weight excluding hydrogens is 396 g/mol. The number of likely N-dealkylation sites (tertiary alicyclic amines) is 1. The summed E-state index contributed by atoms with van der Waals surface area (Å²) in [5, 5.41) is 0. The van der Waals surface area contributed by atoms with Crippen molar-refractivity contribution in [3.63, 3.8) is 0 Å². The van der Waals surface area contributed by atoms with Crippen LogP contribution in [-0.4, -0.2) is 45.0 Å². The van der Waals surface area contributed by atoms with Crippen LogP contribution >= 0.6 is 0 Å². The number of benzene rings is 2. The highest BCUT2D eigenvalue weighted by molar-refractivity contribution is 7.89. The Balaban J connectivity index is 1.49. The summed E-state index contributed by atoms with van der Waals surface area (Å²) in [7, 11) is -3.67. The third-order valence-electron chi connectivity index (χ3n) is 5.36. The first kappa shape index (κ1) is 21.8. The van der Waals surface area contributed by atoms with Crippen molar-refractivity contribution in [1.29, 1.82) is 0 Å². The summed E-state index contributed by atoms with van der Waals surface area (Å²) in [6, 6.07) is 11.3. The summed E-state index contributed by atoms with van der Waals surface area (Å²) in [5.74, 6) is -0.713. The highest BCUT2D eigenvalue weighted by atomic mass is 32.2. The summed E-state index contributed by atoms with van der Waals surface area (Å²) < 4.78 is 54.2. The van der Waals surface area contributed by atoms with E-state index < -0.39 is 15.8 Å². The van der Waals surface area contributed by atoms with Crippen LogP contribution in [0.1, 0.15) is 24.8 Å². The summed E-state index contributed by atoms with van der Waals surface area (Å²) in [6.45, 7) is 1.91. The Morgan fingerprint density at radius 1 is 1.14 bits per heavy atom. The molecule has 5 nitrogen and oxygen atoms in total. The summed E-state index contributed by atoms with van der Waals surface area (Å²) >= 11 is 0. The Labute approximate surface area is 171 Å². The van der Waals surface area contributed by atoms with Crippen LogP contribution in [0.2, 0.25) is 0 Å². The first-order chi connectivity index (χ1) is 13.8. The molecule has 2 aromatic carbocycles. The maximum absolute atomic E-state index is 13.8. The molecule has 1 fully saturated rings. The van der Waals surface area contributed by atoms with Gasteiger partial charge in [-0.1, -0.05) is 18.2 Å². The molecule has 1 aliphatic heterocycles. The average Bonchev–Trinajstić information content (AvgIpc) is 3.14. The van der Waals surface area contributed by atoms with Crippen molar-refractivity contribution >= 4 is 10.0 Å². The second-order valence-corrected chi connectivity index (χ2v) is 9.25. The molecule has 3 N–H and O–H groups in total. The van der Waals surface area contributed by atoms with E-state index in [2.05, 4.69) is 9.62 Å². The van der Waals surface area contributed by atoms with Gasteiger partial charge in [-0.3, -0.25) is 4.90 Å². The van der Waals surface area contributed by atoms with Crippen molar-refractivity contribution in [2.45, 2.75) is 42.7 Å². The molecule has 0 aromatic heterocycles. The van der Waals surface area contributed by atoms with Crippen LogP contribution in [0.4, 0.5) is 8.78 Å². The topological polar surface area (TPSA) is 75.4 Å². The van der Waals surface area contributed by atoms with Gasteiger partial charge in [-0.15, -0.1) is 0 Å². The van der Waals surface area contributed by atoms with Gasteiger partial charge in [-0.05, 0) is 74.7 Å². The molecule has 0 bridgehead atoms. The van der Waals surface area contributed by atoms with Gasteiger partial charge in [0.15, 0.2) is 0 Å². The predicted octanol–water partition coefficient (Wildman–Crippen LogP) is 2.67. The highest BCUT2D eigenvalue weighted by Crippen LogP contribution is 2.19. The second kappa shape index (κ2) is 9.75. The molecule has 0 spiro atoms. The molecule has 0 amide bonds. The van der Waals surface area contributed by atoms with Crippen molar-refractivity contribution in [1.82, 2.24) is 9.62 Å². The molecule has 8 heteroatoms. The minimum atomic E-state index is -3.67. The van der Waals surface area contributed by atoms with Crippen LogP contribution in [0.15, 0.2) is 53.4 Å². The van der Waals surface area contributed by atoms with Gasteiger partial charge >= 0.3 is 0 Å². The highest BCUT2D eigenvalue weighted by Gasteiger charge is 2.26. The zero-order valence-electron chi connectivity index (χ0n) is 16.2. The van der Waals surface area contributed by atoms with Crippen LogP contribution < -0.4 is 10.5 Å². The van der Waals surface area contributed by atoms with E-state index in [9.17, 15) is 17.2 Å². The number of nitrogens with one attached hydrogen (secondary N) is 1. The minimum absolute atomic E-state index is 0.0513. The van der Waals surface area contributed by atoms with Crippen molar-refractivity contribution in [2.75, 3.05) is 19.6 Å². The van der Waals surface area contributed by atoms with E-state index in [-0.39, 0.29) is 22.8 Å². The summed E-state index contributed by atoms with van der Waals surface area (Å²) in [4.78, 5) is 2.28. The maximum atomic E-state index is 13.8. The molecule has 29 heavy (non-hydrogen) atoms. The smallest absolute Gasteiger partial charge is 0.240 e. The lowest BCUT2D eigenvalue weighted by atomic mass is 10.0. The summed E-state index contributed by atoms with van der Waals surface area (Å²) in [5.41, 5.74) is 6.81. The first-order valence-electron chi connectivity index (χ1n) is 9.83. The fraction of sp³-hybridized carbons (Fsp3) is 0.429. The molecule has 158 valence electrons. The zero-order chi connectivity index (χ0) is 20.9. The fourth-order valence-corrected chi connectivity index (χ4v) is 4.78. The summed E-state index contributed by atoms with van der Waals surface area (Å²) in [6.07, 6.45) is 3.07. The largest absolute Gasteiger partial charge is 0.327 e. The van der Waals surface area contributed by atoms with E-state index in [1.54, 1.807) is 18.2 Å². The molecule has 1 aliphatic rings. The van der Waals surface area contributed by atoms with E-state index in [1.165, 1.54) is 18.2 Å². The number of rotatable bonds is 9. The number of sulfonamides is 1. The monoisotopic (exact) mass is 423 g/mol. The fourth-order valence-electron chi connectivity index (χ4n) is 3.70. The molecular formula is C21H27F2N3O2S. The maximum Gasteiger partial charge on any atom is 0.240 e. The number of hydrogen-bond donors (Lipinski definition) is 2. The van der Waals surface area contributed by atoms with Gasteiger partial charge in [-0.25, -0.2) is 21.9 Å². The second-order valence-electron chi connectivity index (χ2n) is 7.48. The Bertz CT molecular complexity index is 906. The molecule has 0 saturated carbocycles. The van der Waals surface area contributed by atoms with E-state index in [1.807, 2.05) is 0 Å². The van der Waals surface area contributed by atoms with Crippen LogP contribution in [0, 0.1) is 11.6 Å². The van der Waals surface area contributed by atoms with Crippen LogP contribution in [0.25, 0.3) is 0 Å². The third-order valence-corrected chi connectivity index (χ3v) is 6.80. The van der Waals surface area contributed by atoms with E-state index >= 15 is 0 Å². The lowest BCUT2D eigenvalue weighted by Crippen LogP contribution is -2.42. The molecule has 2 atom stereocenters. The van der Waals surface area contributed by atoms with Crippen LogP contribution in [-0.2, 0) is 16.4 Å². The van der Waals surface area contributed by atoms with Gasteiger partial charge in [0.2, 0.25) is 10.0 Å². The first-order valence-corrected chi connectivity index (χ1v) is 11.3. The quantitative estimate of drug-likeness (QED) is 0.650. The molecule has 1 heterocycles. The molecule has 0 unspecified atom stereocenters. The molecule has 3 rings (SSSR count). The number of halogens is 2. The molecule has 1 saturated heterocycles. The van der Waals surface area contributed by atoms with E-state index in [0.717, 1.165) is 38.1 Å². The van der Waals surface area contributed by atoms with Crippen molar-refractivity contribution in [2.24, 2.45) is 5.73 Å². The molecule has 0 aliphatic carbocycles. The minimum Gasteiger partial charge on any atom is -0.327 e. The van der Waals surface area contributed by atoms with Gasteiger partial charge in [-0.2, -0.15) is 0 Å². The average molecular weight is 424 g/mol. The SMILES string of the molecule is N[C@@H](CCN1CCC[C@H]1CNS(=O)(=O)c1ccc(F)cc1)Cc1ccccc1F. The Morgan fingerprint density at radius 3 is 2.59 bits per heavy atom. The van der Waals surface area contributed by atoms with Gasteiger partial charge < -0.3 is 5.73 Å². The van der Waals surface area contributed by atoms with E-state index in [0.29, 0.717) is 24.9 Å². The van der Waals surface area contributed by atoms with Crippen molar-refractivity contribution < 1.29 is 17.2 Å².